The molecule has 0 saturated carbocycles. The van der Waals surface area contributed by atoms with Gasteiger partial charge in [-0.2, -0.15) is 4.39 Å². The number of nitro groups is 1. The molecule has 0 spiro atoms. The summed E-state index contributed by atoms with van der Waals surface area (Å²) in [5.74, 6) is -1.48. The summed E-state index contributed by atoms with van der Waals surface area (Å²) in [5, 5.41) is 9.36. The Kier molecular flexibility index (Phi) is 2.90. The minimum atomic E-state index is -3.08. The van der Waals surface area contributed by atoms with E-state index in [1.54, 1.807) is 0 Å². The molecule has 8 heteroatoms. The molecule has 1 aromatic heterocycles. The smallest absolute Gasteiger partial charge is 0.258 e. The van der Waals surface area contributed by atoms with Crippen molar-refractivity contribution in [3.63, 3.8) is 0 Å². The summed E-state index contributed by atoms with van der Waals surface area (Å²) in [4.78, 5) is 11.9. The molecular formula is C6H2ClF3N2O2. The van der Waals surface area contributed by atoms with Gasteiger partial charge in [-0.05, 0) is 0 Å². The van der Waals surface area contributed by atoms with Gasteiger partial charge in [0.15, 0.2) is 5.02 Å². The summed E-state index contributed by atoms with van der Waals surface area (Å²) in [5.41, 5.74) is -1.94. The molecule has 0 amide bonds. The van der Waals surface area contributed by atoms with Gasteiger partial charge in [-0.15, -0.1) is 0 Å². The summed E-state index contributed by atoms with van der Waals surface area (Å²) in [6.07, 6.45) is -3.08. The molecule has 4 nitrogen and oxygen atoms in total. The lowest BCUT2D eigenvalue weighted by atomic mass is 10.3. The van der Waals surface area contributed by atoms with Crippen LogP contribution in [0, 0.1) is 16.1 Å². The first kappa shape index (κ1) is 10.7. The molecule has 14 heavy (non-hydrogen) atoms. The summed E-state index contributed by atoms with van der Waals surface area (Å²) in [6, 6.07) is 0.441. The van der Waals surface area contributed by atoms with Gasteiger partial charge < -0.3 is 0 Å². The topological polar surface area (TPSA) is 56.0 Å². The Bertz CT molecular complexity index is 386. The standard InChI is InChI=1S/C6H2ClF3N2O2/c7-4-3(12(13)14)1-2(5(8)9)11-6(4)10/h1,5H. The molecule has 0 atom stereocenters. The van der Waals surface area contributed by atoms with Gasteiger partial charge in [-0.1, -0.05) is 11.6 Å². The van der Waals surface area contributed by atoms with Crippen LogP contribution in [0.5, 0.6) is 0 Å². The minimum Gasteiger partial charge on any atom is -0.258 e. The molecule has 0 radical (unpaired) electrons. The number of rotatable bonds is 2. The highest BCUT2D eigenvalue weighted by atomic mass is 35.5. The minimum absolute atomic E-state index is 0.441. The number of nitrogens with zero attached hydrogens (tertiary/aromatic N) is 2. The zero-order valence-electron chi connectivity index (χ0n) is 6.38. The quantitative estimate of drug-likeness (QED) is 0.443. The first-order valence-electron chi connectivity index (χ1n) is 3.22. The van der Waals surface area contributed by atoms with E-state index in [1.165, 1.54) is 0 Å². The van der Waals surface area contributed by atoms with E-state index in [0.29, 0.717) is 6.07 Å². The second kappa shape index (κ2) is 3.79. The van der Waals surface area contributed by atoms with Crippen LogP contribution in [-0.4, -0.2) is 9.91 Å². The van der Waals surface area contributed by atoms with Crippen LogP contribution in [0.1, 0.15) is 12.1 Å². The highest BCUT2D eigenvalue weighted by Crippen LogP contribution is 2.29. The third kappa shape index (κ3) is 1.92. The number of hydrogen-bond acceptors (Lipinski definition) is 3. The summed E-state index contributed by atoms with van der Waals surface area (Å²) < 4.78 is 36.7. The van der Waals surface area contributed by atoms with E-state index in [-0.39, 0.29) is 0 Å². The molecule has 1 aromatic rings. The SMILES string of the molecule is O=[N+]([O-])c1cc(C(F)F)nc(F)c1Cl. The van der Waals surface area contributed by atoms with Gasteiger partial charge in [0, 0.05) is 6.07 Å². The van der Waals surface area contributed by atoms with Crippen molar-refractivity contribution >= 4 is 17.3 Å². The van der Waals surface area contributed by atoms with Gasteiger partial charge in [0.1, 0.15) is 5.69 Å². The maximum absolute atomic E-state index is 12.7. The maximum atomic E-state index is 12.7. The van der Waals surface area contributed by atoms with Crippen molar-refractivity contribution < 1.29 is 18.1 Å². The summed E-state index contributed by atoms with van der Waals surface area (Å²) in [6.45, 7) is 0. The molecule has 0 N–H and O–H groups in total. The van der Waals surface area contributed by atoms with Crippen LogP contribution in [0.4, 0.5) is 18.9 Å². The molecule has 1 rings (SSSR count). The van der Waals surface area contributed by atoms with Crippen molar-refractivity contribution in [2.24, 2.45) is 0 Å². The predicted molar refractivity (Wildman–Crippen MR) is 40.8 cm³/mol. The monoisotopic (exact) mass is 226 g/mol. The number of aromatic nitrogens is 1. The predicted octanol–water partition coefficient (Wildman–Crippen LogP) is 2.72. The van der Waals surface area contributed by atoms with Gasteiger partial charge in [0.05, 0.1) is 4.92 Å². The lowest BCUT2D eigenvalue weighted by Gasteiger charge is -2.00. The van der Waals surface area contributed by atoms with E-state index in [1.807, 2.05) is 0 Å². The molecule has 0 fully saturated rings. The lowest BCUT2D eigenvalue weighted by Crippen LogP contribution is -1.99. The molecule has 0 aliphatic rings. The van der Waals surface area contributed by atoms with Gasteiger partial charge in [0.25, 0.3) is 12.1 Å². The molecule has 1 heterocycles. The Morgan fingerprint density at radius 2 is 2.14 bits per heavy atom. The molecule has 0 aliphatic heterocycles. The van der Waals surface area contributed by atoms with Crippen LogP contribution in [0.3, 0.4) is 0 Å². The Balaban J connectivity index is 3.35. The van der Waals surface area contributed by atoms with Gasteiger partial charge >= 0.3 is 0 Å². The van der Waals surface area contributed by atoms with E-state index in [0.717, 1.165) is 0 Å². The van der Waals surface area contributed by atoms with E-state index < -0.39 is 33.7 Å². The van der Waals surface area contributed by atoms with Crippen LogP contribution in [0.15, 0.2) is 6.07 Å². The third-order valence-corrected chi connectivity index (χ3v) is 1.69. The number of halogens is 4. The molecule has 0 bridgehead atoms. The van der Waals surface area contributed by atoms with Crippen LogP contribution in [-0.2, 0) is 0 Å². The van der Waals surface area contributed by atoms with Crippen LogP contribution in [0.25, 0.3) is 0 Å². The van der Waals surface area contributed by atoms with Crippen molar-refractivity contribution in [1.82, 2.24) is 4.98 Å². The third-order valence-electron chi connectivity index (χ3n) is 1.34. The van der Waals surface area contributed by atoms with E-state index in [9.17, 15) is 23.3 Å². The van der Waals surface area contributed by atoms with E-state index in [2.05, 4.69) is 4.98 Å². The first-order chi connectivity index (χ1) is 6.43. The maximum Gasteiger partial charge on any atom is 0.294 e. The van der Waals surface area contributed by atoms with Crippen LogP contribution >= 0.6 is 11.6 Å². The summed E-state index contributed by atoms with van der Waals surface area (Å²) in [7, 11) is 0. The Morgan fingerprint density at radius 3 is 2.57 bits per heavy atom. The van der Waals surface area contributed by atoms with Crippen molar-refractivity contribution in [1.29, 1.82) is 0 Å². The highest BCUT2D eigenvalue weighted by Gasteiger charge is 2.23. The zero-order chi connectivity index (χ0) is 10.9. The fraction of sp³-hybridized carbons (Fsp3) is 0.167. The van der Waals surface area contributed by atoms with Gasteiger partial charge in [-0.3, -0.25) is 10.1 Å². The van der Waals surface area contributed by atoms with Crippen molar-refractivity contribution in [3.05, 3.63) is 32.8 Å². The average Bonchev–Trinajstić information content (AvgIpc) is 2.08. The van der Waals surface area contributed by atoms with Gasteiger partial charge in [-0.25, -0.2) is 13.8 Å². The molecule has 76 valence electrons. The zero-order valence-corrected chi connectivity index (χ0v) is 7.13. The normalized spacial score (nSPS) is 10.6. The van der Waals surface area contributed by atoms with Crippen LogP contribution < -0.4 is 0 Å². The van der Waals surface area contributed by atoms with Gasteiger partial charge in [0.2, 0.25) is 5.95 Å². The van der Waals surface area contributed by atoms with Crippen molar-refractivity contribution in [2.45, 2.75) is 6.43 Å². The molecule has 0 unspecified atom stereocenters. The first-order valence-corrected chi connectivity index (χ1v) is 3.59. The fourth-order valence-electron chi connectivity index (χ4n) is 0.748. The Hall–Kier alpha value is -1.37. The Morgan fingerprint density at radius 1 is 1.57 bits per heavy atom. The largest absolute Gasteiger partial charge is 0.294 e. The van der Waals surface area contributed by atoms with Crippen molar-refractivity contribution in [3.8, 4) is 0 Å². The average molecular weight is 227 g/mol. The number of pyridine rings is 1. The highest BCUT2D eigenvalue weighted by molar-refractivity contribution is 6.32. The summed E-state index contributed by atoms with van der Waals surface area (Å²) >= 11 is 5.14. The lowest BCUT2D eigenvalue weighted by molar-refractivity contribution is -0.385. The van der Waals surface area contributed by atoms with E-state index in [4.69, 9.17) is 11.6 Å². The van der Waals surface area contributed by atoms with Crippen molar-refractivity contribution in [2.75, 3.05) is 0 Å². The second-order valence-corrected chi connectivity index (χ2v) is 2.61. The molecular weight excluding hydrogens is 225 g/mol. The van der Waals surface area contributed by atoms with Crippen LogP contribution in [0.2, 0.25) is 5.02 Å². The molecule has 0 saturated heterocycles. The van der Waals surface area contributed by atoms with E-state index >= 15 is 0 Å². The molecule has 0 aliphatic carbocycles. The second-order valence-electron chi connectivity index (χ2n) is 2.23. The molecule has 0 aromatic carbocycles. The number of hydrogen-bond donors (Lipinski definition) is 0. The number of alkyl halides is 2. The fourth-order valence-corrected chi connectivity index (χ4v) is 0.914. The Labute approximate surface area is 80.5 Å².